The van der Waals surface area contributed by atoms with E-state index in [1.807, 2.05) is 6.08 Å². The van der Waals surface area contributed by atoms with Crippen molar-refractivity contribution in [3.8, 4) is 0 Å². The van der Waals surface area contributed by atoms with Crippen molar-refractivity contribution in [2.24, 2.45) is 22.7 Å². The van der Waals surface area contributed by atoms with Crippen LogP contribution in [-0.4, -0.2) is 10.8 Å². The summed E-state index contributed by atoms with van der Waals surface area (Å²) < 4.78 is 26.4. The fourth-order valence-electron chi connectivity index (χ4n) is 6.70. The maximum Gasteiger partial charge on any atom is 0.265 e. The van der Waals surface area contributed by atoms with E-state index in [0.29, 0.717) is 18.3 Å². The average molecular weight is 395 g/mol. The molecule has 0 radical (unpaired) electrons. The molecule has 1 aromatic heterocycles. The van der Waals surface area contributed by atoms with Gasteiger partial charge < -0.3 is 0 Å². The minimum absolute atomic E-state index is 0.0130. The summed E-state index contributed by atoms with van der Waals surface area (Å²) in [5, 5.41) is 0. The van der Waals surface area contributed by atoms with Crippen LogP contribution in [0, 0.1) is 22.7 Å². The van der Waals surface area contributed by atoms with Crippen molar-refractivity contribution in [1.29, 1.82) is 0 Å². The van der Waals surface area contributed by atoms with Crippen molar-refractivity contribution in [3.63, 3.8) is 0 Å². The number of carbonyl (C=O) groups is 1. The number of pyridine rings is 1. The number of halogens is 2. The van der Waals surface area contributed by atoms with Gasteiger partial charge in [0, 0.05) is 29.8 Å². The lowest BCUT2D eigenvalue weighted by atomic mass is 9.48. The molecule has 4 aliphatic rings. The second-order valence-electron chi connectivity index (χ2n) is 9.69. The zero-order chi connectivity index (χ0) is 20.4. The molecule has 4 unspecified atom stereocenters. The maximum absolute atomic E-state index is 13.2. The predicted octanol–water partition coefficient (Wildman–Crippen LogP) is 6.46. The normalized spacial score (nSPS) is 36.0. The van der Waals surface area contributed by atoms with Crippen molar-refractivity contribution in [2.45, 2.75) is 58.8 Å². The van der Waals surface area contributed by atoms with Gasteiger partial charge in [0.1, 0.15) is 0 Å². The molecule has 0 bridgehead atoms. The SMILES string of the molecule is CC12CCC3C(CCC4=CC(=O)CCC43C)C1=CC=C2c1cncc(C(F)F)c1. The van der Waals surface area contributed by atoms with E-state index in [2.05, 4.69) is 31.0 Å². The Balaban J connectivity index is 1.47. The first-order valence-electron chi connectivity index (χ1n) is 10.7. The summed E-state index contributed by atoms with van der Waals surface area (Å²) in [5.74, 6) is 1.35. The van der Waals surface area contributed by atoms with Crippen LogP contribution < -0.4 is 0 Å². The van der Waals surface area contributed by atoms with E-state index in [9.17, 15) is 13.6 Å². The van der Waals surface area contributed by atoms with E-state index in [1.165, 1.54) is 17.3 Å². The Bertz CT molecular complexity index is 975. The molecule has 2 saturated carbocycles. The van der Waals surface area contributed by atoms with Gasteiger partial charge >= 0.3 is 0 Å². The van der Waals surface area contributed by atoms with E-state index in [4.69, 9.17) is 0 Å². The Morgan fingerprint density at radius 3 is 2.72 bits per heavy atom. The van der Waals surface area contributed by atoms with Gasteiger partial charge in [-0.2, -0.15) is 0 Å². The number of hydrogen-bond acceptors (Lipinski definition) is 2. The van der Waals surface area contributed by atoms with Crippen LogP contribution in [-0.2, 0) is 4.79 Å². The Morgan fingerprint density at radius 1 is 1.10 bits per heavy atom. The van der Waals surface area contributed by atoms with Crippen molar-refractivity contribution in [2.75, 3.05) is 0 Å². The fraction of sp³-hybridized carbons (Fsp3) is 0.520. The molecule has 0 N–H and O–H groups in total. The monoisotopic (exact) mass is 395 g/mol. The van der Waals surface area contributed by atoms with Crippen LogP contribution in [0.15, 0.2) is 47.8 Å². The molecule has 4 heteroatoms. The molecule has 0 spiro atoms. The van der Waals surface area contributed by atoms with Gasteiger partial charge in [0.15, 0.2) is 5.78 Å². The van der Waals surface area contributed by atoms with Gasteiger partial charge in [-0.15, -0.1) is 0 Å². The van der Waals surface area contributed by atoms with Crippen LogP contribution in [0.5, 0.6) is 0 Å². The summed E-state index contributed by atoms with van der Waals surface area (Å²) in [6.45, 7) is 4.64. The first-order valence-corrected chi connectivity index (χ1v) is 10.7. The van der Waals surface area contributed by atoms with E-state index >= 15 is 0 Å². The van der Waals surface area contributed by atoms with Crippen LogP contribution in [0.3, 0.4) is 0 Å². The van der Waals surface area contributed by atoms with Crippen LogP contribution in [0.4, 0.5) is 8.78 Å². The largest absolute Gasteiger partial charge is 0.295 e. The average Bonchev–Trinajstić information content (AvgIpc) is 3.06. The summed E-state index contributed by atoms with van der Waals surface area (Å²) in [5.41, 5.74) is 4.78. The van der Waals surface area contributed by atoms with Gasteiger partial charge in [-0.05, 0) is 72.6 Å². The maximum atomic E-state index is 13.2. The predicted molar refractivity (Wildman–Crippen MR) is 109 cm³/mol. The molecule has 0 saturated heterocycles. The Hall–Kier alpha value is -2.10. The van der Waals surface area contributed by atoms with Gasteiger partial charge in [-0.1, -0.05) is 37.1 Å². The molecule has 4 atom stereocenters. The van der Waals surface area contributed by atoms with Crippen molar-refractivity contribution in [1.82, 2.24) is 4.98 Å². The Morgan fingerprint density at radius 2 is 1.93 bits per heavy atom. The van der Waals surface area contributed by atoms with Crippen LogP contribution in [0.2, 0.25) is 0 Å². The summed E-state index contributed by atoms with van der Waals surface area (Å²) in [6, 6.07) is 1.60. The lowest BCUT2D eigenvalue weighted by Crippen LogP contribution is -2.47. The zero-order valence-electron chi connectivity index (χ0n) is 17.1. The van der Waals surface area contributed by atoms with Gasteiger partial charge in [0.25, 0.3) is 6.43 Å². The highest BCUT2D eigenvalue weighted by Crippen LogP contribution is 2.65. The quantitative estimate of drug-likeness (QED) is 0.575. The first kappa shape index (κ1) is 18.9. The third-order valence-electron chi connectivity index (χ3n) is 8.33. The number of ketones is 1. The lowest BCUT2D eigenvalue weighted by molar-refractivity contribution is -0.116. The fourth-order valence-corrected chi connectivity index (χ4v) is 6.70. The number of carbonyl (C=O) groups excluding carboxylic acids is 1. The third kappa shape index (κ3) is 2.71. The number of hydrogen-bond donors (Lipinski definition) is 0. The molecule has 29 heavy (non-hydrogen) atoms. The highest BCUT2D eigenvalue weighted by atomic mass is 19.3. The molecular weight excluding hydrogens is 368 g/mol. The second-order valence-corrected chi connectivity index (χ2v) is 9.69. The topological polar surface area (TPSA) is 30.0 Å². The number of rotatable bonds is 2. The smallest absolute Gasteiger partial charge is 0.265 e. The zero-order valence-corrected chi connectivity index (χ0v) is 17.1. The number of allylic oxidation sites excluding steroid dienone is 6. The summed E-state index contributed by atoms with van der Waals surface area (Å²) in [4.78, 5) is 16.1. The number of nitrogens with zero attached hydrogens (tertiary/aromatic N) is 1. The van der Waals surface area contributed by atoms with Crippen LogP contribution >= 0.6 is 0 Å². The molecule has 1 heterocycles. The highest BCUT2D eigenvalue weighted by Gasteiger charge is 2.54. The van der Waals surface area contributed by atoms with Crippen molar-refractivity contribution < 1.29 is 13.6 Å². The molecule has 0 aliphatic heterocycles. The van der Waals surface area contributed by atoms with E-state index in [-0.39, 0.29) is 22.2 Å². The number of fused-ring (bicyclic) bond motifs is 5. The molecule has 0 aromatic carbocycles. The Labute approximate surface area is 170 Å². The van der Waals surface area contributed by atoms with Gasteiger partial charge in [-0.25, -0.2) is 8.78 Å². The Kier molecular flexibility index (Phi) is 4.20. The molecule has 1 aromatic rings. The molecule has 0 amide bonds. The second kappa shape index (κ2) is 6.45. The van der Waals surface area contributed by atoms with Crippen LogP contribution in [0.25, 0.3) is 5.57 Å². The van der Waals surface area contributed by atoms with Gasteiger partial charge in [-0.3, -0.25) is 9.78 Å². The van der Waals surface area contributed by atoms with Gasteiger partial charge in [0.05, 0.1) is 0 Å². The van der Waals surface area contributed by atoms with Crippen molar-refractivity contribution in [3.05, 3.63) is 59.0 Å². The van der Waals surface area contributed by atoms with E-state index in [1.54, 1.807) is 12.3 Å². The molecular formula is C25H27F2NO. The molecule has 4 aliphatic carbocycles. The van der Waals surface area contributed by atoms with Crippen LogP contribution in [0.1, 0.15) is 69.9 Å². The highest BCUT2D eigenvalue weighted by molar-refractivity contribution is 5.91. The number of alkyl halides is 2. The molecule has 2 fully saturated rings. The standard InChI is InChI=1S/C25H27F2NO/c1-24-9-7-18(29)12-17(24)3-4-19-21-6-5-20(25(21,2)10-8-22(19)24)15-11-16(23(26)27)14-28-13-15/h5-6,11-14,19,22-23H,3-4,7-10H2,1-2H3. The molecule has 152 valence electrons. The van der Waals surface area contributed by atoms with E-state index in [0.717, 1.165) is 43.2 Å². The first-order chi connectivity index (χ1) is 13.8. The lowest BCUT2D eigenvalue weighted by Gasteiger charge is -2.56. The summed E-state index contributed by atoms with van der Waals surface area (Å²) in [6.07, 6.45) is 12.6. The van der Waals surface area contributed by atoms with Crippen molar-refractivity contribution >= 4 is 11.4 Å². The summed E-state index contributed by atoms with van der Waals surface area (Å²) in [7, 11) is 0. The number of aromatic nitrogens is 1. The molecule has 2 nitrogen and oxygen atoms in total. The minimum Gasteiger partial charge on any atom is -0.295 e. The summed E-state index contributed by atoms with van der Waals surface area (Å²) >= 11 is 0. The minimum atomic E-state index is -2.50. The molecule has 5 rings (SSSR count). The van der Waals surface area contributed by atoms with Gasteiger partial charge in [0.2, 0.25) is 0 Å². The van der Waals surface area contributed by atoms with E-state index < -0.39 is 6.43 Å². The third-order valence-corrected chi connectivity index (χ3v) is 8.33.